The van der Waals surface area contributed by atoms with Gasteiger partial charge < -0.3 is 4.90 Å². The third kappa shape index (κ3) is 3.31. The molecule has 0 unspecified atom stereocenters. The van der Waals surface area contributed by atoms with Crippen LogP contribution in [0.15, 0.2) is 80.9 Å². The highest BCUT2D eigenvalue weighted by molar-refractivity contribution is 8.08. The average molecular weight is 450 g/mol. The van der Waals surface area contributed by atoms with E-state index in [0.29, 0.717) is 29.1 Å². The fourth-order valence-corrected chi connectivity index (χ4v) is 5.74. The topological polar surface area (TPSA) is 96.2 Å². The Hall–Kier alpha value is -3.43. The minimum Gasteiger partial charge on any atom is -0.307 e. The third-order valence-electron chi connectivity index (χ3n) is 5.14. The molecule has 3 aromatic rings. The number of amides is 3. The molecule has 5 rings (SSSR count). The van der Waals surface area contributed by atoms with Crippen LogP contribution in [0.5, 0.6) is 0 Å². The number of carbonyl (C=O) groups is 2. The van der Waals surface area contributed by atoms with Crippen molar-refractivity contribution in [3.63, 3.8) is 0 Å². The first kappa shape index (κ1) is 19.5. The quantitative estimate of drug-likeness (QED) is 0.608. The summed E-state index contributed by atoms with van der Waals surface area (Å²) >= 11 is 1.37. The van der Waals surface area contributed by atoms with Crippen LogP contribution in [0.1, 0.15) is 20.8 Å². The Labute approximate surface area is 182 Å². The first-order valence-corrected chi connectivity index (χ1v) is 11.8. The lowest BCUT2D eigenvalue weighted by molar-refractivity contribution is 0.0993. The van der Waals surface area contributed by atoms with Crippen LogP contribution < -0.4 is 4.90 Å². The first-order chi connectivity index (χ1) is 14.9. The van der Waals surface area contributed by atoms with Gasteiger partial charge in [0, 0.05) is 17.8 Å². The second kappa shape index (κ2) is 7.36. The maximum atomic E-state index is 13.3. The Balaban J connectivity index is 1.50. The smallest absolute Gasteiger partial charge is 0.307 e. The summed E-state index contributed by atoms with van der Waals surface area (Å²) in [6.45, 7) is 0.478. The van der Waals surface area contributed by atoms with Gasteiger partial charge in [-0.3, -0.25) is 4.79 Å². The number of urea groups is 1. The summed E-state index contributed by atoms with van der Waals surface area (Å²) in [5.41, 5.74) is 2.00. The van der Waals surface area contributed by atoms with Gasteiger partial charge in [-0.05, 0) is 41.6 Å². The molecule has 9 heteroatoms. The number of rotatable bonds is 3. The molecule has 3 heterocycles. The maximum Gasteiger partial charge on any atom is 0.369 e. The van der Waals surface area contributed by atoms with Crippen molar-refractivity contribution in [1.29, 1.82) is 0 Å². The number of fused-ring (bicyclic) bond motifs is 1. The van der Waals surface area contributed by atoms with Gasteiger partial charge in [0.05, 0.1) is 9.77 Å². The van der Waals surface area contributed by atoms with Gasteiger partial charge in [0.2, 0.25) is 9.84 Å². The fraction of sp³-hybridized carbons (Fsp3) is 0.0909. The van der Waals surface area contributed by atoms with E-state index in [-0.39, 0.29) is 21.6 Å². The molecule has 1 aromatic heterocycles. The lowest BCUT2D eigenvalue weighted by Gasteiger charge is -2.16. The number of benzene rings is 2. The van der Waals surface area contributed by atoms with Gasteiger partial charge in [0.15, 0.2) is 5.04 Å². The number of hydrogen-bond acceptors (Lipinski definition) is 5. The van der Waals surface area contributed by atoms with Crippen LogP contribution in [-0.4, -0.2) is 37.7 Å². The fourth-order valence-electron chi connectivity index (χ4n) is 3.68. The van der Waals surface area contributed by atoms with Crippen LogP contribution in [-0.2, 0) is 16.3 Å². The van der Waals surface area contributed by atoms with Crippen LogP contribution in [0.25, 0.3) is 0 Å². The molecule has 2 aliphatic rings. The van der Waals surface area contributed by atoms with Crippen molar-refractivity contribution in [2.24, 2.45) is 9.98 Å². The van der Waals surface area contributed by atoms with Crippen LogP contribution in [0.3, 0.4) is 0 Å². The van der Waals surface area contributed by atoms with Gasteiger partial charge in [-0.2, -0.15) is 9.98 Å². The predicted octanol–water partition coefficient (Wildman–Crippen LogP) is 3.75. The van der Waals surface area contributed by atoms with Gasteiger partial charge in [-0.15, -0.1) is 11.3 Å². The molecule has 0 aliphatic carbocycles. The van der Waals surface area contributed by atoms with E-state index in [9.17, 15) is 18.0 Å². The minimum atomic E-state index is -4.07. The highest BCUT2D eigenvalue weighted by Gasteiger charge is 2.35. The van der Waals surface area contributed by atoms with E-state index in [2.05, 4.69) is 9.98 Å². The zero-order valence-electron chi connectivity index (χ0n) is 16.1. The number of thiophene rings is 1. The highest BCUT2D eigenvalue weighted by atomic mass is 32.2. The van der Waals surface area contributed by atoms with Gasteiger partial charge in [-0.1, -0.05) is 36.4 Å². The molecule has 0 saturated heterocycles. The summed E-state index contributed by atoms with van der Waals surface area (Å²) in [6.07, 6.45) is 0.543. The summed E-state index contributed by atoms with van der Waals surface area (Å²) in [5, 5.41) is 1.49. The van der Waals surface area contributed by atoms with E-state index in [4.69, 9.17) is 0 Å². The van der Waals surface area contributed by atoms with Crippen molar-refractivity contribution in [1.82, 2.24) is 0 Å². The van der Waals surface area contributed by atoms with Crippen molar-refractivity contribution in [3.8, 4) is 0 Å². The highest BCUT2D eigenvalue weighted by Crippen LogP contribution is 2.33. The Kier molecular flexibility index (Phi) is 4.64. The van der Waals surface area contributed by atoms with Crippen LogP contribution in [0.4, 0.5) is 10.5 Å². The average Bonchev–Trinajstić information content (AvgIpc) is 3.53. The van der Waals surface area contributed by atoms with Crippen LogP contribution in [0.2, 0.25) is 0 Å². The van der Waals surface area contributed by atoms with Gasteiger partial charge in [0.1, 0.15) is 5.71 Å². The summed E-state index contributed by atoms with van der Waals surface area (Å²) < 4.78 is 26.6. The molecule has 0 atom stereocenters. The number of sulfone groups is 1. The van der Waals surface area contributed by atoms with Crippen molar-refractivity contribution in [3.05, 3.63) is 82.0 Å². The summed E-state index contributed by atoms with van der Waals surface area (Å²) in [4.78, 5) is 34.4. The molecule has 2 aliphatic heterocycles. The molecule has 0 spiro atoms. The minimum absolute atomic E-state index is 0.0220. The van der Waals surface area contributed by atoms with Crippen molar-refractivity contribution in [2.45, 2.75) is 11.3 Å². The molecular formula is C22H15N3O4S2. The molecule has 154 valence electrons. The number of anilines is 1. The number of carbonyl (C=O) groups excluding carboxylic acids is 2. The molecule has 0 bridgehead atoms. The van der Waals surface area contributed by atoms with Gasteiger partial charge >= 0.3 is 6.03 Å². The second-order valence-corrected chi connectivity index (χ2v) is 9.82. The largest absolute Gasteiger partial charge is 0.369 e. The normalized spacial score (nSPS) is 15.6. The van der Waals surface area contributed by atoms with E-state index in [0.717, 1.165) is 5.56 Å². The van der Waals surface area contributed by atoms with Gasteiger partial charge in [0.25, 0.3) is 5.91 Å². The monoisotopic (exact) mass is 449 g/mol. The van der Waals surface area contributed by atoms with Crippen molar-refractivity contribution < 1.29 is 18.0 Å². The molecule has 0 saturated carbocycles. The van der Waals surface area contributed by atoms with Crippen LogP contribution >= 0.6 is 11.3 Å². The Bertz CT molecular complexity index is 1380. The van der Waals surface area contributed by atoms with E-state index >= 15 is 0 Å². The lowest BCUT2D eigenvalue weighted by atomic mass is 10.1. The lowest BCUT2D eigenvalue weighted by Crippen LogP contribution is -2.28. The Morgan fingerprint density at radius 2 is 1.81 bits per heavy atom. The van der Waals surface area contributed by atoms with E-state index < -0.39 is 15.9 Å². The molecular weight excluding hydrogens is 434 g/mol. The van der Waals surface area contributed by atoms with Crippen LogP contribution in [0, 0.1) is 0 Å². The standard InChI is InChI=1S/C22H15N3O4S2/c26-21(18-7-4-12-30-18)25-11-10-15-13-16(8-9-17(15)25)31(28,29)20-19(23-22(27)24-20)14-5-2-1-3-6-14/h1-9,12-13H,10-11H2. The van der Waals surface area contributed by atoms with E-state index in [1.54, 1.807) is 53.4 Å². The number of nitrogens with zero attached hydrogens (tertiary/aromatic N) is 3. The molecule has 0 N–H and O–H groups in total. The summed E-state index contributed by atoms with van der Waals surface area (Å²) in [6, 6.07) is 16.0. The number of aliphatic imine (C=N–C) groups is 2. The first-order valence-electron chi connectivity index (χ1n) is 9.46. The molecule has 2 aromatic carbocycles. The zero-order chi connectivity index (χ0) is 21.6. The van der Waals surface area contributed by atoms with Crippen molar-refractivity contribution in [2.75, 3.05) is 11.4 Å². The Morgan fingerprint density at radius 3 is 2.55 bits per heavy atom. The number of hydrogen-bond donors (Lipinski definition) is 0. The molecule has 7 nitrogen and oxygen atoms in total. The second-order valence-electron chi connectivity index (χ2n) is 7.00. The van der Waals surface area contributed by atoms with Gasteiger partial charge in [-0.25, -0.2) is 13.2 Å². The van der Waals surface area contributed by atoms with Crippen molar-refractivity contribution >= 4 is 49.6 Å². The molecule has 0 radical (unpaired) electrons. The summed E-state index contributed by atoms with van der Waals surface area (Å²) in [7, 11) is -4.07. The molecule has 31 heavy (non-hydrogen) atoms. The SMILES string of the molecule is O=C1N=C(c2ccccc2)C(S(=O)(=O)c2ccc3c(c2)CCN3C(=O)c2cccs2)=N1. The molecule has 0 fully saturated rings. The Morgan fingerprint density at radius 1 is 1.00 bits per heavy atom. The molecule has 3 amide bonds. The third-order valence-corrected chi connectivity index (χ3v) is 7.67. The van der Waals surface area contributed by atoms with E-state index in [1.807, 2.05) is 11.4 Å². The zero-order valence-corrected chi connectivity index (χ0v) is 17.7. The predicted molar refractivity (Wildman–Crippen MR) is 119 cm³/mol. The maximum absolute atomic E-state index is 13.3. The summed E-state index contributed by atoms with van der Waals surface area (Å²) in [5.74, 6) is -0.103. The van der Waals surface area contributed by atoms with E-state index in [1.165, 1.54) is 17.4 Å².